The fraction of sp³-hybridized carbons (Fsp3) is 0.400. The monoisotopic (exact) mass is 292 g/mol. The van der Waals surface area contributed by atoms with Crippen LogP contribution < -0.4 is 10.1 Å². The average Bonchev–Trinajstić information content (AvgIpc) is 2.81. The Hall–Kier alpha value is -1.59. The van der Waals surface area contributed by atoms with E-state index in [-0.39, 0.29) is 11.8 Å². The third-order valence-corrected chi connectivity index (χ3v) is 4.55. The zero-order valence-electron chi connectivity index (χ0n) is 12.2. The first kappa shape index (κ1) is 14.8. The first-order valence-corrected chi connectivity index (χ1v) is 7.46. The zero-order valence-corrected chi connectivity index (χ0v) is 13.0. The lowest BCUT2D eigenvalue weighted by molar-refractivity contribution is 0.373. The second kappa shape index (κ2) is 6.24. The number of methoxy groups -OCH3 is 1. The Bertz CT molecular complexity index is 596. The Morgan fingerprint density at radius 2 is 2.20 bits per heavy atom. The molecule has 1 atom stereocenters. The van der Waals surface area contributed by atoms with E-state index in [1.165, 1.54) is 4.88 Å². The maximum Gasteiger partial charge on any atom is 0.160 e. The lowest BCUT2D eigenvalue weighted by Gasteiger charge is -2.09. The normalized spacial score (nSPS) is 12.4. The van der Waals surface area contributed by atoms with Crippen molar-refractivity contribution < 1.29 is 9.84 Å². The molecule has 1 unspecified atom stereocenters. The Balaban J connectivity index is 2.34. The standard InChI is InChI=1S/C15H20N2O2S/c1-5-16-9(2)14-10(3)17-15(20-14)11-6-7-13(19-4)12(18)8-11/h6-9,16,18H,5H2,1-4H3. The molecule has 5 heteroatoms. The highest BCUT2D eigenvalue weighted by Gasteiger charge is 2.15. The number of nitrogens with one attached hydrogen (secondary N) is 1. The Labute approximate surface area is 123 Å². The van der Waals surface area contributed by atoms with E-state index in [0.29, 0.717) is 5.75 Å². The molecule has 108 valence electrons. The van der Waals surface area contributed by atoms with Gasteiger partial charge in [0.25, 0.3) is 0 Å². The fourth-order valence-electron chi connectivity index (χ4n) is 2.16. The van der Waals surface area contributed by atoms with Gasteiger partial charge in [-0.15, -0.1) is 11.3 Å². The van der Waals surface area contributed by atoms with Crippen molar-refractivity contribution in [3.8, 4) is 22.1 Å². The van der Waals surface area contributed by atoms with Gasteiger partial charge in [-0.1, -0.05) is 6.92 Å². The number of hydrogen-bond donors (Lipinski definition) is 2. The summed E-state index contributed by atoms with van der Waals surface area (Å²) in [5.41, 5.74) is 1.94. The first-order valence-electron chi connectivity index (χ1n) is 6.64. The summed E-state index contributed by atoms with van der Waals surface area (Å²) < 4.78 is 5.06. The fourth-order valence-corrected chi connectivity index (χ4v) is 3.24. The molecular weight excluding hydrogens is 272 g/mol. The third-order valence-electron chi connectivity index (χ3n) is 3.16. The van der Waals surface area contributed by atoms with Gasteiger partial charge < -0.3 is 15.2 Å². The van der Waals surface area contributed by atoms with E-state index in [1.54, 1.807) is 30.6 Å². The first-order chi connectivity index (χ1) is 9.56. The molecule has 0 aliphatic heterocycles. The molecule has 2 aromatic rings. The zero-order chi connectivity index (χ0) is 14.7. The van der Waals surface area contributed by atoms with Crippen LogP contribution >= 0.6 is 11.3 Å². The molecule has 0 aliphatic rings. The molecule has 0 amide bonds. The number of benzene rings is 1. The summed E-state index contributed by atoms with van der Waals surface area (Å²) in [7, 11) is 1.54. The second-order valence-corrected chi connectivity index (χ2v) is 5.67. The van der Waals surface area contributed by atoms with Crippen LogP contribution in [0.2, 0.25) is 0 Å². The van der Waals surface area contributed by atoms with Crippen LogP contribution in [0.15, 0.2) is 18.2 Å². The van der Waals surface area contributed by atoms with Gasteiger partial charge in [0.2, 0.25) is 0 Å². The maximum atomic E-state index is 9.86. The molecule has 0 saturated carbocycles. The van der Waals surface area contributed by atoms with Crippen molar-refractivity contribution in [3.63, 3.8) is 0 Å². The molecule has 1 heterocycles. The number of rotatable bonds is 5. The summed E-state index contributed by atoms with van der Waals surface area (Å²) in [5.74, 6) is 0.613. The van der Waals surface area contributed by atoms with Gasteiger partial charge in [0.05, 0.1) is 12.8 Å². The van der Waals surface area contributed by atoms with E-state index in [1.807, 2.05) is 13.0 Å². The molecule has 2 N–H and O–H groups in total. The summed E-state index contributed by atoms with van der Waals surface area (Å²) in [6, 6.07) is 5.66. The summed E-state index contributed by atoms with van der Waals surface area (Å²) in [6.07, 6.45) is 0. The van der Waals surface area contributed by atoms with Crippen molar-refractivity contribution in [2.24, 2.45) is 0 Å². The number of aryl methyl sites for hydroxylation is 1. The van der Waals surface area contributed by atoms with Gasteiger partial charge in [0.15, 0.2) is 11.5 Å². The molecule has 0 aliphatic carbocycles. The van der Waals surface area contributed by atoms with Crippen LogP contribution in [-0.4, -0.2) is 23.7 Å². The highest BCUT2D eigenvalue weighted by atomic mass is 32.1. The van der Waals surface area contributed by atoms with E-state index in [0.717, 1.165) is 22.8 Å². The van der Waals surface area contributed by atoms with Crippen molar-refractivity contribution in [2.75, 3.05) is 13.7 Å². The van der Waals surface area contributed by atoms with Crippen LogP contribution in [0.4, 0.5) is 0 Å². The molecule has 0 fully saturated rings. The third kappa shape index (κ3) is 2.94. The van der Waals surface area contributed by atoms with Gasteiger partial charge in [-0.2, -0.15) is 0 Å². The van der Waals surface area contributed by atoms with Crippen molar-refractivity contribution in [3.05, 3.63) is 28.8 Å². The van der Waals surface area contributed by atoms with Crippen LogP contribution in [0.25, 0.3) is 10.6 Å². The number of nitrogens with zero attached hydrogens (tertiary/aromatic N) is 1. The lowest BCUT2D eigenvalue weighted by atomic mass is 10.2. The number of phenolic OH excluding ortho intramolecular Hbond substituents is 1. The van der Waals surface area contributed by atoms with Gasteiger partial charge in [0, 0.05) is 16.5 Å². The molecule has 0 saturated heterocycles. The molecule has 20 heavy (non-hydrogen) atoms. The van der Waals surface area contributed by atoms with E-state index in [9.17, 15) is 5.11 Å². The van der Waals surface area contributed by atoms with Crippen molar-refractivity contribution >= 4 is 11.3 Å². The number of aromatic hydroxyl groups is 1. The SMILES string of the molecule is CCNC(C)c1sc(-c2ccc(OC)c(O)c2)nc1C. The van der Waals surface area contributed by atoms with Gasteiger partial charge in [0.1, 0.15) is 5.01 Å². The predicted octanol–water partition coefficient (Wildman–Crippen LogP) is 3.50. The average molecular weight is 292 g/mol. The number of phenols is 1. The molecule has 1 aromatic carbocycles. The Kier molecular flexibility index (Phi) is 4.62. The van der Waals surface area contributed by atoms with Crippen molar-refractivity contribution in [2.45, 2.75) is 26.8 Å². The second-order valence-electron chi connectivity index (χ2n) is 4.63. The van der Waals surface area contributed by atoms with Crippen LogP contribution in [0, 0.1) is 6.92 Å². The summed E-state index contributed by atoms with van der Waals surface area (Å²) in [5, 5.41) is 14.2. The van der Waals surface area contributed by atoms with Crippen molar-refractivity contribution in [1.82, 2.24) is 10.3 Å². The van der Waals surface area contributed by atoms with Gasteiger partial charge >= 0.3 is 0 Å². The molecule has 0 spiro atoms. The minimum absolute atomic E-state index is 0.138. The molecule has 1 aromatic heterocycles. The summed E-state index contributed by atoms with van der Waals surface area (Å²) >= 11 is 1.66. The van der Waals surface area contributed by atoms with Crippen LogP contribution in [-0.2, 0) is 0 Å². The lowest BCUT2D eigenvalue weighted by Crippen LogP contribution is -2.17. The molecule has 0 radical (unpaired) electrons. The number of ether oxygens (including phenoxy) is 1. The highest BCUT2D eigenvalue weighted by Crippen LogP contribution is 2.35. The van der Waals surface area contributed by atoms with Crippen molar-refractivity contribution in [1.29, 1.82) is 0 Å². The molecule has 0 bridgehead atoms. The quantitative estimate of drug-likeness (QED) is 0.885. The minimum Gasteiger partial charge on any atom is -0.504 e. The van der Waals surface area contributed by atoms with Crippen LogP contribution in [0.3, 0.4) is 0 Å². The number of hydrogen-bond acceptors (Lipinski definition) is 5. The topological polar surface area (TPSA) is 54.4 Å². The van der Waals surface area contributed by atoms with Gasteiger partial charge in [-0.3, -0.25) is 0 Å². The smallest absolute Gasteiger partial charge is 0.160 e. The van der Waals surface area contributed by atoms with Gasteiger partial charge in [-0.05, 0) is 38.6 Å². The predicted molar refractivity (Wildman–Crippen MR) is 82.6 cm³/mol. The Morgan fingerprint density at radius 1 is 1.45 bits per heavy atom. The highest BCUT2D eigenvalue weighted by molar-refractivity contribution is 7.15. The molecular formula is C15H20N2O2S. The summed E-state index contributed by atoms with van der Waals surface area (Å²) in [6.45, 7) is 7.18. The summed E-state index contributed by atoms with van der Waals surface area (Å²) in [4.78, 5) is 5.84. The van der Waals surface area contributed by atoms with E-state index in [2.05, 4.69) is 24.1 Å². The number of thiazole rings is 1. The largest absolute Gasteiger partial charge is 0.504 e. The van der Waals surface area contributed by atoms with Crippen LogP contribution in [0.5, 0.6) is 11.5 Å². The Morgan fingerprint density at radius 3 is 2.80 bits per heavy atom. The van der Waals surface area contributed by atoms with E-state index in [4.69, 9.17) is 4.74 Å². The van der Waals surface area contributed by atoms with E-state index < -0.39 is 0 Å². The maximum absolute atomic E-state index is 9.86. The van der Waals surface area contributed by atoms with Crippen LogP contribution in [0.1, 0.15) is 30.5 Å². The van der Waals surface area contributed by atoms with Gasteiger partial charge in [-0.25, -0.2) is 4.98 Å². The number of aromatic nitrogens is 1. The molecule has 4 nitrogen and oxygen atoms in total. The van der Waals surface area contributed by atoms with E-state index >= 15 is 0 Å². The molecule has 2 rings (SSSR count). The minimum atomic E-state index is 0.138.